The fourth-order valence-electron chi connectivity index (χ4n) is 2.03. The first-order valence-electron chi connectivity index (χ1n) is 5.13. The minimum Gasteiger partial charge on any atom is -0.271 e. The van der Waals surface area contributed by atoms with Gasteiger partial charge in [-0.2, -0.15) is 0 Å². The van der Waals surface area contributed by atoms with Gasteiger partial charge in [0.15, 0.2) is 0 Å². The van der Waals surface area contributed by atoms with Gasteiger partial charge in [-0.15, -0.1) is 0 Å². The summed E-state index contributed by atoms with van der Waals surface area (Å²) in [6, 6.07) is 6.18. The molecule has 15 heavy (non-hydrogen) atoms. The standard InChI is InChI=1S/C11H14BrClN2/c12-9-4-8(5-10(13)6-9)11(15-14)7-2-1-3-7/h4-7,11,15H,1-3,14H2. The molecule has 1 aliphatic rings. The normalized spacial score (nSPS) is 18.6. The summed E-state index contributed by atoms with van der Waals surface area (Å²) in [6.07, 6.45) is 3.81. The molecule has 1 atom stereocenters. The van der Waals surface area contributed by atoms with Gasteiger partial charge in [-0.1, -0.05) is 34.0 Å². The second-order valence-corrected chi connectivity index (χ2v) is 5.39. The SMILES string of the molecule is NNC(c1cc(Cl)cc(Br)c1)C1CCC1. The molecule has 0 radical (unpaired) electrons. The third-order valence-electron chi connectivity index (χ3n) is 3.04. The van der Waals surface area contributed by atoms with Gasteiger partial charge in [0.25, 0.3) is 0 Å². The van der Waals surface area contributed by atoms with Crippen LogP contribution in [-0.4, -0.2) is 0 Å². The number of rotatable bonds is 3. The molecular formula is C11H14BrClN2. The summed E-state index contributed by atoms with van der Waals surface area (Å²) in [5, 5.41) is 0.749. The first-order valence-corrected chi connectivity index (χ1v) is 6.30. The smallest absolute Gasteiger partial charge is 0.0489 e. The van der Waals surface area contributed by atoms with E-state index in [0.717, 1.165) is 9.50 Å². The molecule has 0 aromatic heterocycles. The fourth-order valence-corrected chi connectivity index (χ4v) is 2.92. The molecule has 1 aromatic rings. The van der Waals surface area contributed by atoms with Gasteiger partial charge in [0.1, 0.15) is 0 Å². The molecular weight excluding hydrogens is 275 g/mol. The van der Waals surface area contributed by atoms with Crippen molar-refractivity contribution in [2.24, 2.45) is 11.8 Å². The Labute approximate surface area is 103 Å². The van der Waals surface area contributed by atoms with Gasteiger partial charge in [-0.3, -0.25) is 11.3 Å². The van der Waals surface area contributed by atoms with E-state index in [4.69, 9.17) is 17.4 Å². The molecule has 0 bridgehead atoms. The molecule has 4 heteroatoms. The second-order valence-electron chi connectivity index (χ2n) is 4.04. The van der Waals surface area contributed by atoms with Crippen LogP contribution in [0.5, 0.6) is 0 Å². The number of benzene rings is 1. The van der Waals surface area contributed by atoms with Gasteiger partial charge < -0.3 is 0 Å². The lowest BCUT2D eigenvalue weighted by Gasteiger charge is -2.33. The van der Waals surface area contributed by atoms with Crippen LogP contribution in [0.2, 0.25) is 5.02 Å². The monoisotopic (exact) mass is 288 g/mol. The predicted molar refractivity (Wildman–Crippen MR) is 66.6 cm³/mol. The van der Waals surface area contributed by atoms with Crippen molar-refractivity contribution in [1.29, 1.82) is 0 Å². The van der Waals surface area contributed by atoms with E-state index in [1.807, 2.05) is 12.1 Å². The molecule has 1 fully saturated rings. The number of nitrogens with one attached hydrogen (secondary N) is 1. The van der Waals surface area contributed by atoms with Crippen LogP contribution in [0.1, 0.15) is 30.9 Å². The van der Waals surface area contributed by atoms with Gasteiger partial charge in [-0.05, 0) is 42.5 Å². The van der Waals surface area contributed by atoms with Crippen LogP contribution in [0, 0.1) is 5.92 Å². The van der Waals surface area contributed by atoms with Crippen LogP contribution in [0.4, 0.5) is 0 Å². The average Bonchev–Trinajstić information content (AvgIpc) is 2.08. The van der Waals surface area contributed by atoms with Crippen molar-refractivity contribution in [1.82, 2.24) is 5.43 Å². The summed E-state index contributed by atoms with van der Waals surface area (Å²) < 4.78 is 1.00. The summed E-state index contributed by atoms with van der Waals surface area (Å²) in [5.41, 5.74) is 4.06. The highest BCUT2D eigenvalue weighted by Crippen LogP contribution is 2.38. The molecule has 0 aliphatic heterocycles. The lowest BCUT2D eigenvalue weighted by Crippen LogP contribution is -2.36. The maximum atomic E-state index is 6.02. The van der Waals surface area contributed by atoms with Crippen LogP contribution in [0.3, 0.4) is 0 Å². The van der Waals surface area contributed by atoms with Crippen molar-refractivity contribution < 1.29 is 0 Å². The highest BCUT2D eigenvalue weighted by Gasteiger charge is 2.27. The number of hydrogen-bond donors (Lipinski definition) is 2. The van der Waals surface area contributed by atoms with E-state index in [-0.39, 0.29) is 6.04 Å². The largest absolute Gasteiger partial charge is 0.271 e. The van der Waals surface area contributed by atoms with Crippen molar-refractivity contribution in [3.05, 3.63) is 33.3 Å². The summed E-state index contributed by atoms with van der Waals surface area (Å²) in [6.45, 7) is 0. The Hall–Kier alpha value is -0.0900. The summed E-state index contributed by atoms with van der Waals surface area (Å²) in [4.78, 5) is 0. The van der Waals surface area contributed by atoms with E-state index < -0.39 is 0 Å². The van der Waals surface area contributed by atoms with Crippen LogP contribution >= 0.6 is 27.5 Å². The Balaban J connectivity index is 2.24. The van der Waals surface area contributed by atoms with Crippen molar-refractivity contribution in [3.63, 3.8) is 0 Å². The summed E-state index contributed by atoms with van der Waals surface area (Å²) in [5.74, 6) is 6.26. The number of nitrogens with two attached hydrogens (primary N) is 1. The minimum atomic E-state index is 0.230. The average molecular weight is 290 g/mol. The Morgan fingerprint density at radius 1 is 1.40 bits per heavy atom. The molecule has 1 unspecified atom stereocenters. The lowest BCUT2D eigenvalue weighted by molar-refractivity contribution is 0.232. The maximum Gasteiger partial charge on any atom is 0.0489 e. The van der Waals surface area contributed by atoms with E-state index in [0.29, 0.717) is 5.92 Å². The minimum absolute atomic E-state index is 0.230. The van der Waals surface area contributed by atoms with E-state index in [9.17, 15) is 0 Å². The molecule has 1 aromatic carbocycles. The van der Waals surface area contributed by atoms with E-state index in [1.54, 1.807) is 0 Å². The molecule has 3 N–H and O–H groups in total. The van der Waals surface area contributed by atoms with Gasteiger partial charge >= 0.3 is 0 Å². The lowest BCUT2D eigenvalue weighted by atomic mass is 9.77. The second kappa shape index (κ2) is 4.83. The molecule has 0 heterocycles. The Bertz CT molecular complexity index is 332. The van der Waals surface area contributed by atoms with E-state index >= 15 is 0 Å². The molecule has 2 rings (SSSR count). The van der Waals surface area contributed by atoms with Crippen molar-refractivity contribution in [2.75, 3.05) is 0 Å². The zero-order valence-electron chi connectivity index (χ0n) is 8.34. The van der Waals surface area contributed by atoms with E-state index in [2.05, 4.69) is 27.4 Å². The van der Waals surface area contributed by atoms with Crippen LogP contribution < -0.4 is 11.3 Å². The fraction of sp³-hybridized carbons (Fsp3) is 0.455. The van der Waals surface area contributed by atoms with Crippen LogP contribution in [0.15, 0.2) is 22.7 Å². The van der Waals surface area contributed by atoms with Crippen molar-refractivity contribution in [2.45, 2.75) is 25.3 Å². The third-order valence-corrected chi connectivity index (χ3v) is 3.72. The molecule has 82 valence electrons. The third kappa shape index (κ3) is 2.53. The Morgan fingerprint density at radius 2 is 2.13 bits per heavy atom. The predicted octanol–water partition coefficient (Wildman–Crippen LogP) is 3.41. The van der Waals surface area contributed by atoms with Gasteiger partial charge in [0, 0.05) is 15.5 Å². The summed E-state index contributed by atoms with van der Waals surface area (Å²) in [7, 11) is 0. The van der Waals surface area contributed by atoms with Crippen LogP contribution in [0.25, 0.3) is 0 Å². The quantitative estimate of drug-likeness (QED) is 0.661. The maximum absolute atomic E-state index is 6.02. The molecule has 0 amide bonds. The molecule has 1 saturated carbocycles. The summed E-state index contributed by atoms with van der Waals surface area (Å²) >= 11 is 9.46. The Morgan fingerprint density at radius 3 is 2.60 bits per heavy atom. The highest BCUT2D eigenvalue weighted by atomic mass is 79.9. The van der Waals surface area contributed by atoms with Crippen molar-refractivity contribution >= 4 is 27.5 Å². The van der Waals surface area contributed by atoms with Gasteiger partial charge in [0.05, 0.1) is 0 Å². The Kier molecular flexibility index (Phi) is 3.67. The molecule has 1 aliphatic carbocycles. The zero-order valence-corrected chi connectivity index (χ0v) is 10.7. The van der Waals surface area contributed by atoms with Crippen molar-refractivity contribution in [3.8, 4) is 0 Å². The first-order chi connectivity index (χ1) is 7.20. The highest BCUT2D eigenvalue weighted by molar-refractivity contribution is 9.10. The number of halogens is 2. The topological polar surface area (TPSA) is 38.0 Å². The van der Waals surface area contributed by atoms with E-state index in [1.165, 1.54) is 24.8 Å². The zero-order chi connectivity index (χ0) is 10.8. The van der Waals surface area contributed by atoms with Gasteiger partial charge in [-0.25, -0.2) is 0 Å². The molecule has 0 saturated heterocycles. The first kappa shape index (κ1) is 11.4. The molecule has 0 spiro atoms. The van der Waals surface area contributed by atoms with Crippen LogP contribution in [-0.2, 0) is 0 Å². The number of hydrazine groups is 1. The molecule has 2 nitrogen and oxygen atoms in total. The number of hydrogen-bond acceptors (Lipinski definition) is 2. The van der Waals surface area contributed by atoms with Gasteiger partial charge in [0.2, 0.25) is 0 Å².